The number of nitrogens with zero attached hydrogens (tertiary/aromatic N) is 1. The number of ether oxygens (including phenoxy) is 1. The Morgan fingerprint density at radius 2 is 2.00 bits per heavy atom. The quantitative estimate of drug-likeness (QED) is 0.875. The first-order valence-corrected chi connectivity index (χ1v) is 7.97. The van der Waals surface area contributed by atoms with E-state index < -0.39 is 0 Å². The van der Waals surface area contributed by atoms with Gasteiger partial charge in [-0.25, -0.2) is 4.79 Å². The minimum atomic E-state index is -0.300. The number of unbranched alkanes of at least 4 members (excludes halogenated alkanes) is 1. The molecule has 0 unspecified atom stereocenters. The van der Waals surface area contributed by atoms with E-state index in [0.29, 0.717) is 6.61 Å². The molecule has 1 aliphatic rings. The van der Waals surface area contributed by atoms with Crippen LogP contribution in [0.2, 0.25) is 0 Å². The van der Waals surface area contributed by atoms with Gasteiger partial charge in [-0.2, -0.15) is 0 Å². The van der Waals surface area contributed by atoms with Gasteiger partial charge in [0, 0.05) is 19.1 Å². The predicted octanol–water partition coefficient (Wildman–Crippen LogP) is 3.18. The van der Waals surface area contributed by atoms with Crippen LogP contribution in [0.5, 0.6) is 0 Å². The zero-order valence-electron chi connectivity index (χ0n) is 12.9. The van der Waals surface area contributed by atoms with Crippen molar-refractivity contribution in [2.24, 2.45) is 0 Å². The predicted molar refractivity (Wildman–Crippen MR) is 84.1 cm³/mol. The van der Waals surface area contributed by atoms with Gasteiger partial charge in [0.1, 0.15) is 6.61 Å². The average molecular weight is 290 g/mol. The fraction of sp³-hybridized carbons (Fsp3) is 0.588. The molecule has 1 fully saturated rings. The van der Waals surface area contributed by atoms with Crippen molar-refractivity contribution in [3.05, 3.63) is 35.9 Å². The summed E-state index contributed by atoms with van der Waals surface area (Å²) in [7, 11) is 0. The molecule has 0 radical (unpaired) electrons. The lowest BCUT2D eigenvalue weighted by Gasteiger charge is -2.32. The number of hydrogen-bond acceptors (Lipinski definition) is 3. The molecular formula is C17H26N2O2. The largest absolute Gasteiger partial charge is 0.445 e. The van der Waals surface area contributed by atoms with Gasteiger partial charge < -0.3 is 15.0 Å². The number of hydrogen-bond donors (Lipinski definition) is 1. The van der Waals surface area contributed by atoms with Crippen LogP contribution < -0.4 is 5.32 Å². The highest BCUT2D eigenvalue weighted by molar-refractivity contribution is 5.67. The number of carbonyl (C=O) groups excluding carboxylic acids is 1. The summed E-state index contributed by atoms with van der Waals surface area (Å²) in [6.45, 7) is 5.88. The lowest BCUT2D eigenvalue weighted by atomic mass is 10.1. The number of carbonyl (C=O) groups is 1. The minimum absolute atomic E-state index is 0.256. The van der Waals surface area contributed by atoms with Gasteiger partial charge in [0.2, 0.25) is 0 Å². The smallest absolute Gasteiger partial charge is 0.407 e. The van der Waals surface area contributed by atoms with Gasteiger partial charge in [-0.15, -0.1) is 0 Å². The number of amides is 1. The highest BCUT2D eigenvalue weighted by Gasteiger charge is 2.20. The summed E-state index contributed by atoms with van der Waals surface area (Å²) in [6.07, 6.45) is 4.24. The summed E-state index contributed by atoms with van der Waals surface area (Å²) in [5, 5.41) is 2.98. The third-order valence-corrected chi connectivity index (χ3v) is 3.95. The molecule has 1 amide bonds. The Morgan fingerprint density at radius 1 is 1.29 bits per heavy atom. The fourth-order valence-corrected chi connectivity index (χ4v) is 2.61. The molecule has 1 aromatic carbocycles. The van der Waals surface area contributed by atoms with E-state index in [2.05, 4.69) is 17.1 Å². The van der Waals surface area contributed by atoms with Gasteiger partial charge in [0.15, 0.2) is 0 Å². The topological polar surface area (TPSA) is 41.6 Å². The van der Waals surface area contributed by atoms with Gasteiger partial charge in [-0.3, -0.25) is 0 Å². The van der Waals surface area contributed by atoms with Crippen LogP contribution in [-0.4, -0.2) is 36.7 Å². The lowest BCUT2D eigenvalue weighted by molar-refractivity contribution is 0.126. The van der Waals surface area contributed by atoms with E-state index in [1.165, 1.54) is 19.4 Å². The van der Waals surface area contributed by atoms with Crippen LogP contribution in [0.3, 0.4) is 0 Å². The van der Waals surface area contributed by atoms with Crippen molar-refractivity contribution in [2.75, 3.05) is 19.6 Å². The molecule has 0 aliphatic carbocycles. The molecule has 0 atom stereocenters. The maximum atomic E-state index is 11.8. The van der Waals surface area contributed by atoms with Crippen LogP contribution in [0, 0.1) is 0 Å². The molecule has 0 bridgehead atoms. The average Bonchev–Trinajstić information content (AvgIpc) is 2.53. The molecule has 0 saturated carbocycles. The summed E-state index contributed by atoms with van der Waals surface area (Å²) in [4.78, 5) is 14.3. The van der Waals surface area contributed by atoms with Gasteiger partial charge in [-0.1, -0.05) is 43.7 Å². The molecule has 1 heterocycles. The van der Waals surface area contributed by atoms with E-state index in [0.717, 1.165) is 31.5 Å². The normalized spacial score (nSPS) is 16.6. The first kappa shape index (κ1) is 15.8. The van der Waals surface area contributed by atoms with E-state index in [9.17, 15) is 4.79 Å². The van der Waals surface area contributed by atoms with E-state index in [-0.39, 0.29) is 12.1 Å². The molecular weight excluding hydrogens is 264 g/mol. The number of likely N-dealkylation sites (tertiary alicyclic amines) is 1. The van der Waals surface area contributed by atoms with Gasteiger partial charge in [0.05, 0.1) is 0 Å². The Morgan fingerprint density at radius 3 is 2.67 bits per heavy atom. The van der Waals surface area contributed by atoms with Crippen molar-refractivity contribution in [3.63, 3.8) is 0 Å². The molecule has 0 spiro atoms. The SMILES string of the molecule is CCCCN1CCC(NC(=O)OCc2ccccc2)CC1. The number of nitrogens with one attached hydrogen (secondary N) is 1. The Bertz CT molecular complexity index is 414. The van der Waals surface area contributed by atoms with E-state index in [4.69, 9.17) is 4.74 Å². The molecule has 116 valence electrons. The second-order valence-corrected chi connectivity index (χ2v) is 5.68. The van der Waals surface area contributed by atoms with Crippen molar-refractivity contribution in [3.8, 4) is 0 Å². The summed E-state index contributed by atoms with van der Waals surface area (Å²) in [5.74, 6) is 0. The molecule has 4 nitrogen and oxygen atoms in total. The monoisotopic (exact) mass is 290 g/mol. The Balaban J connectivity index is 1.63. The molecule has 1 saturated heterocycles. The molecule has 0 aromatic heterocycles. The number of alkyl carbamates (subject to hydrolysis) is 1. The maximum absolute atomic E-state index is 11.8. The fourth-order valence-electron chi connectivity index (χ4n) is 2.61. The van der Waals surface area contributed by atoms with Crippen molar-refractivity contribution >= 4 is 6.09 Å². The Kier molecular flexibility index (Phi) is 6.54. The summed E-state index contributed by atoms with van der Waals surface area (Å²) < 4.78 is 5.26. The third-order valence-electron chi connectivity index (χ3n) is 3.95. The van der Waals surface area contributed by atoms with Crippen LogP contribution in [-0.2, 0) is 11.3 Å². The van der Waals surface area contributed by atoms with E-state index in [1.54, 1.807) is 0 Å². The molecule has 4 heteroatoms. The van der Waals surface area contributed by atoms with Crippen molar-refractivity contribution in [1.82, 2.24) is 10.2 Å². The van der Waals surface area contributed by atoms with E-state index in [1.807, 2.05) is 30.3 Å². The molecule has 1 N–H and O–H groups in total. The Labute approximate surface area is 127 Å². The van der Waals surface area contributed by atoms with Gasteiger partial charge in [0.25, 0.3) is 0 Å². The zero-order valence-corrected chi connectivity index (χ0v) is 12.9. The van der Waals surface area contributed by atoms with Crippen LogP contribution >= 0.6 is 0 Å². The van der Waals surface area contributed by atoms with Crippen LogP contribution in [0.15, 0.2) is 30.3 Å². The van der Waals surface area contributed by atoms with Crippen molar-refractivity contribution in [2.45, 2.75) is 45.3 Å². The Hall–Kier alpha value is -1.55. The number of rotatable bonds is 6. The number of piperidine rings is 1. The second kappa shape index (κ2) is 8.67. The standard InChI is InChI=1S/C17H26N2O2/c1-2-3-11-19-12-9-16(10-13-19)18-17(20)21-14-15-7-5-4-6-8-15/h4-8,16H,2-3,9-14H2,1H3,(H,18,20). The van der Waals surface area contributed by atoms with Crippen LogP contribution in [0.25, 0.3) is 0 Å². The summed E-state index contributed by atoms with van der Waals surface area (Å²) >= 11 is 0. The highest BCUT2D eigenvalue weighted by Crippen LogP contribution is 2.11. The second-order valence-electron chi connectivity index (χ2n) is 5.68. The first-order valence-electron chi connectivity index (χ1n) is 7.97. The van der Waals surface area contributed by atoms with Gasteiger partial charge >= 0.3 is 6.09 Å². The lowest BCUT2D eigenvalue weighted by Crippen LogP contribution is -2.44. The summed E-state index contributed by atoms with van der Waals surface area (Å²) in [6, 6.07) is 10.0. The zero-order chi connectivity index (χ0) is 14.9. The van der Waals surface area contributed by atoms with Crippen LogP contribution in [0.4, 0.5) is 4.79 Å². The molecule has 2 rings (SSSR count). The highest BCUT2D eigenvalue weighted by atomic mass is 16.5. The summed E-state index contributed by atoms with van der Waals surface area (Å²) in [5.41, 5.74) is 1.02. The van der Waals surface area contributed by atoms with Crippen molar-refractivity contribution < 1.29 is 9.53 Å². The third kappa shape index (κ3) is 5.76. The van der Waals surface area contributed by atoms with E-state index >= 15 is 0 Å². The maximum Gasteiger partial charge on any atom is 0.407 e. The van der Waals surface area contributed by atoms with Gasteiger partial charge in [-0.05, 0) is 31.4 Å². The first-order chi connectivity index (χ1) is 10.3. The minimum Gasteiger partial charge on any atom is -0.445 e. The van der Waals surface area contributed by atoms with Crippen molar-refractivity contribution in [1.29, 1.82) is 0 Å². The molecule has 1 aliphatic heterocycles. The van der Waals surface area contributed by atoms with Crippen LogP contribution in [0.1, 0.15) is 38.2 Å². The number of benzene rings is 1. The molecule has 21 heavy (non-hydrogen) atoms. The molecule has 1 aromatic rings.